The van der Waals surface area contributed by atoms with Gasteiger partial charge in [0.1, 0.15) is 0 Å². The monoisotopic (exact) mass is 711 g/mol. The Morgan fingerprint density at radius 3 is 1.48 bits per heavy atom. The number of hydrogen-bond acceptors (Lipinski definition) is 1. The highest BCUT2D eigenvalue weighted by Gasteiger charge is 2.31. The lowest BCUT2D eigenvalue weighted by atomic mass is 9.82. The summed E-state index contributed by atoms with van der Waals surface area (Å²) in [5.74, 6) is 0. The van der Waals surface area contributed by atoms with Crippen molar-refractivity contribution in [3.63, 3.8) is 0 Å². The predicted molar refractivity (Wildman–Crippen MR) is 239 cm³/mol. The Balaban J connectivity index is 1.04. The van der Waals surface area contributed by atoms with Crippen molar-refractivity contribution in [1.82, 2.24) is 0 Å². The van der Waals surface area contributed by atoms with Crippen LogP contribution in [0.4, 0.5) is 5.69 Å². The quantitative estimate of drug-likeness (QED) is 0.174. The van der Waals surface area contributed by atoms with Crippen LogP contribution in [0.25, 0.3) is 99.1 Å². The summed E-state index contributed by atoms with van der Waals surface area (Å²) >= 11 is 0. The summed E-state index contributed by atoms with van der Waals surface area (Å²) in [5, 5.41) is 11.2. The lowest BCUT2D eigenvalue weighted by molar-refractivity contribution is 1.15. The van der Waals surface area contributed by atoms with Crippen molar-refractivity contribution in [1.29, 1.82) is 0 Å². The van der Waals surface area contributed by atoms with Crippen molar-refractivity contribution in [2.75, 3.05) is 5.32 Å². The van der Waals surface area contributed by atoms with Gasteiger partial charge in [0.25, 0.3) is 0 Å². The highest BCUT2D eigenvalue weighted by molar-refractivity contribution is 6.28. The molecular formula is C55H37N. The Kier molecular flexibility index (Phi) is 7.64. The van der Waals surface area contributed by atoms with Crippen LogP contribution >= 0.6 is 0 Å². The molecule has 1 nitrogen and oxygen atoms in total. The average molecular weight is 712 g/mol. The van der Waals surface area contributed by atoms with Gasteiger partial charge in [-0.2, -0.15) is 0 Å². The van der Waals surface area contributed by atoms with Gasteiger partial charge in [-0.3, -0.25) is 0 Å². The third-order valence-corrected chi connectivity index (χ3v) is 11.6. The largest absolute Gasteiger partial charge is 0.381 e. The third kappa shape index (κ3) is 5.32. The molecule has 1 N–H and O–H groups in total. The Bertz CT molecular complexity index is 3020. The van der Waals surface area contributed by atoms with E-state index in [0.29, 0.717) is 0 Å². The standard InChI is InChI=1S/C55H37N/c1-4-15-37(16-5-1)51-47-22-10-11-23-48(47)52(38-17-6-2-7-18-38)55-50-31-30-45(46-24-13-25-49(53(46)50)54(51)55)43-29-28-41-33-40(26-27-42(41)34-43)39-19-12-14-36(32-39)35-56-44-20-8-3-9-21-44/h1-34,56H,35H2. The highest BCUT2D eigenvalue weighted by atomic mass is 14.9. The molecule has 0 atom stereocenters. The molecule has 0 radical (unpaired) electrons. The summed E-state index contributed by atoms with van der Waals surface area (Å²) < 4.78 is 0. The van der Waals surface area contributed by atoms with E-state index in [1.54, 1.807) is 0 Å². The number of para-hydroxylation sites is 1. The van der Waals surface area contributed by atoms with Gasteiger partial charge in [-0.15, -0.1) is 0 Å². The molecule has 11 rings (SSSR count). The molecule has 0 aliphatic heterocycles. The van der Waals surface area contributed by atoms with E-state index in [0.717, 1.165) is 12.2 Å². The molecule has 10 aromatic rings. The second-order valence-corrected chi connectivity index (χ2v) is 14.9. The predicted octanol–water partition coefficient (Wildman–Crippen LogP) is 15.1. The highest BCUT2D eigenvalue weighted by Crippen LogP contribution is 2.58. The zero-order valence-corrected chi connectivity index (χ0v) is 30.8. The fourth-order valence-electron chi connectivity index (χ4n) is 9.08. The van der Waals surface area contributed by atoms with Crippen LogP contribution < -0.4 is 5.32 Å². The van der Waals surface area contributed by atoms with Crippen LogP contribution in [-0.4, -0.2) is 0 Å². The smallest absolute Gasteiger partial charge is 0.0401 e. The first kappa shape index (κ1) is 32.2. The molecule has 0 saturated carbocycles. The lowest BCUT2D eigenvalue weighted by Gasteiger charge is -2.20. The van der Waals surface area contributed by atoms with Crippen LogP contribution in [-0.2, 0) is 6.54 Å². The number of fused-ring (bicyclic) bond motifs is 5. The SMILES string of the molecule is c1ccc(NCc2cccc(-c3ccc4cc(-c5ccc6c7c(cccc57)-c5c-6c(-c6ccccc6)c6ccccc6c5-c5ccccc5)ccc4c3)c2)cc1. The minimum absolute atomic E-state index is 0.784. The molecule has 10 aromatic carbocycles. The van der Waals surface area contributed by atoms with Crippen LogP contribution in [0.5, 0.6) is 0 Å². The molecule has 56 heavy (non-hydrogen) atoms. The molecular weight excluding hydrogens is 675 g/mol. The molecule has 1 heteroatoms. The van der Waals surface area contributed by atoms with Gasteiger partial charge in [0.05, 0.1) is 0 Å². The maximum atomic E-state index is 3.55. The normalized spacial score (nSPS) is 11.6. The first-order valence-corrected chi connectivity index (χ1v) is 19.5. The van der Waals surface area contributed by atoms with Gasteiger partial charge in [0.2, 0.25) is 0 Å². The molecule has 0 fully saturated rings. The first-order valence-electron chi connectivity index (χ1n) is 19.5. The van der Waals surface area contributed by atoms with Crippen molar-refractivity contribution in [3.05, 3.63) is 212 Å². The molecule has 0 bridgehead atoms. The molecule has 0 heterocycles. The molecule has 0 aromatic heterocycles. The number of rotatable bonds is 7. The molecule has 262 valence electrons. The Hall–Kier alpha value is -7.22. The maximum absolute atomic E-state index is 3.55. The van der Waals surface area contributed by atoms with E-state index in [4.69, 9.17) is 0 Å². The molecule has 1 aliphatic rings. The second-order valence-electron chi connectivity index (χ2n) is 14.9. The van der Waals surface area contributed by atoms with Gasteiger partial charge in [0, 0.05) is 12.2 Å². The minimum atomic E-state index is 0.784. The van der Waals surface area contributed by atoms with Crippen LogP contribution in [0.3, 0.4) is 0 Å². The van der Waals surface area contributed by atoms with E-state index >= 15 is 0 Å². The van der Waals surface area contributed by atoms with E-state index in [9.17, 15) is 0 Å². The molecule has 1 aliphatic carbocycles. The lowest BCUT2D eigenvalue weighted by Crippen LogP contribution is -1.99. The minimum Gasteiger partial charge on any atom is -0.381 e. The van der Waals surface area contributed by atoms with Gasteiger partial charge in [0.15, 0.2) is 0 Å². The maximum Gasteiger partial charge on any atom is 0.0401 e. The fourth-order valence-corrected chi connectivity index (χ4v) is 9.08. The van der Waals surface area contributed by atoms with Gasteiger partial charge in [-0.1, -0.05) is 176 Å². The van der Waals surface area contributed by atoms with E-state index in [1.165, 1.54) is 105 Å². The summed E-state index contributed by atoms with van der Waals surface area (Å²) in [7, 11) is 0. The third-order valence-electron chi connectivity index (χ3n) is 11.6. The van der Waals surface area contributed by atoms with Crippen molar-refractivity contribution in [3.8, 4) is 66.8 Å². The average Bonchev–Trinajstić information content (AvgIpc) is 3.60. The summed E-state index contributed by atoms with van der Waals surface area (Å²) in [6.45, 7) is 0.784. The number of anilines is 1. The first-order chi connectivity index (χ1) is 27.8. The van der Waals surface area contributed by atoms with Crippen LogP contribution in [0.15, 0.2) is 206 Å². The summed E-state index contributed by atoms with van der Waals surface area (Å²) in [6, 6.07) is 75.6. The van der Waals surface area contributed by atoms with E-state index in [-0.39, 0.29) is 0 Å². The zero-order chi connectivity index (χ0) is 37.0. The van der Waals surface area contributed by atoms with Gasteiger partial charge < -0.3 is 5.32 Å². The van der Waals surface area contributed by atoms with Crippen molar-refractivity contribution >= 4 is 38.0 Å². The van der Waals surface area contributed by atoms with Crippen LogP contribution in [0, 0.1) is 0 Å². The summed E-state index contributed by atoms with van der Waals surface area (Å²) in [4.78, 5) is 0. The van der Waals surface area contributed by atoms with Crippen molar-refractivity contribution in [2.24, 2.45) is 0 Å². The van der Waals surface area contributed by atoms with Gasteiger partial charge >= 0.3 is 0 Å². The second kappa shape index (κ2) is 13.3. The number of nitrogens with one attached hydrogen (secondary N) is 1. The number of hydrogen-bond donors (Lipinski definition) is 1. The molecule has 0 saturated heterocycles. The molecule has 0 spiro atoms. The van der Waals surface area contributed by atoms with E-state index in [1.807, 2.05) is 6.07 Å². The van der Waals surface area contributed by atoms with Gasteiger partial charge in [-0.05, 0) is 135 Å². The fraction of sp³-hybridized carbons (Fsp3) is 0.0182. The Morgan fingerprint density at radius 1 is 0.304 bits per heavy atom. The van der Waals surface area contributed by atoms with Gasteiger partial charge in [-0.25, -0.2) is 0 Å². The van der Waals surface area contributed by atoms with Crippen molar-refractivity contribution in [2.45, 2.75) is 6.54 Å². The molecule has 0 amide bonds. The zero-order valence-electron chi connectivity index (χ0n) is 30.8. The van der Waals surface area contributed by atoms with E-state index < -0.39 is 0 Å². The van der Waals surface area contributed by atoms with Crippen molar-refractivity contribution < 1.29 is 0 Å². The summed E-state index contributed by atoms with van der Waals surface area (Å²) in [5.41, 5.74) is 17.7. The Labute approximate surface area is 327 Å². The Morgan fingerprint density at radius 2 is 0.804 bits per heavy atom. The summed E-state index contributed by atoms with van der Waals surface area (Å²) in [6.07, 6.45) is 0. The van der Waals surface area contributed by atoms with Crippen LogP contribution in [0.2, 0.25) is 0 Å². The number of benzene rings is 10. The molecule has 0 unspecified atom stereocenters. The van der Waals surface area contributed by atoms with Crippen LogP contribution in [0.1, 0.15) is 5.56 Å². The topological polar surface area (TPSA) is 12.0 Å². The van der Waals surface area contributed by atoms with E-state index in [2.05, 4.69) is 206 Å².